The quantitative estimate of drug-likeness (QED) is 0.872. The third kappa shape index (κ3) is 2.52. The summed E-state index contributed by atoms with van der Waals surface area (Å²) in [5.74, 6) is 4.82. The molecule has 17 heavy (non-hydrogen) atoms. The van der Waals surface area contributed by atoms with E-state index in [4.69, 9.17) is 5.73 Å². The van der Waals surface area contributed by atoms with Crippen LogP contribution in [0.2, 0.25) is 0 Å². The molecule has 94 valence electrons. The van der Waals surface area contributed by atoms with Crippen LogP contribution in [-0.4, -0.2) is 27.1 Å². The van der Waals surface area contributed by atoms with Crippen LogP contribution in [-0.2, 0) is 19.4 Å². The Morgan fingerprint density at radius 3 is 3.24 bits per heavy atom. The highest BCUT2D eigenvalue weighted by atomic mass is 32.2. The van der Waals surface area contributed by atoms with Gasteiger partial charge in [-0.15, -0.1) is 0 Å². The molecule has 2 unspecified atom stereocenters. The van der Waals surface area contributed by atoms with E-state index >= 15 is 0 Å². The van der Waals surface area contributed by atoms with Gasteiger partial charge in [-0.2, -0.15) is 11.8 Å². The van der Waals surface area contributed by atoms with E-state index in [9.17, 15) is 0 Å². The highest BCUT2D eigenvalue weighted by Gasteiger charge is 2.21. The Kier molecular flexibility index (Phi) is 3.43. The smallest absolute Gasteiger partial charge is 0.109 e. The Labute approximate surface area is 107 Å². The molecule has 0 radical (unpaired) electrons. The lowest BCUT2D eigenvalue weighted by atomic mass is 10.0. The molecule has 0 aliphatic carbocycles. The van der Waals surface area contributed by atoms with Crippen LogP contribution >= 0.6 is 11.8 Å². The Morgan fingerprint density at radius 1 is 1.47 bits per heavy atom. The van der Waals surface area contributed by atoms with Crippen LogP contribution in [0.3, 0.4) is 0 Å². The van der Waals surface area contributed by atoms with Crippen molar-refractivity contribution in [1.29, 1.82) is 0 Å². The first-order valence-electron chi connectivity index (χ1n) is 6.69. The summed E-state index contributed by atoms with van der Waals surface area (Å²) in [5.41, 5.74) is 7.35. The lowest BCUT2D eigenvalue weighted by molar-refractivity contribution is 0.438. The lowest BCUT2D eigenvalue weighted by Gasteiger charge is -2.24. The van der Waals surface area contributed by atoms with Crippen molar-refractivity contribution in [3.63, 3.8) is 0 Å². The summed E-state index contributed by atoms with van der Waals surface area (Å²) < 4.78 is 2.42. The number of hydrogen-bond acceptors (Lipinski definition) is 3. The van der Waals surface area contributed by atoms with Crippen molar-refractivity contribution in [2.75, 3.05) is 11.5 Å². The van der Waals surface area contributed by atoms with E-state index in [1.165, 1.54) is 42.3 Å². The van der Waals surface area contributed by atoms with Gasteiger partial charge >= 0.3 is 0 Å². The minimum Gasteiger partial charge on any atom is -0.332 e. The molecule has 1 aromatic heterocycles. The number of fused-ring (bicyclic) bond motifs is 1. The Morgan fingerprint density at radius 2 is 2.41 bits per heavy atom. The highest BCUT2D eigenvalue weighted by Crippen LogP contribution is 2.26. The lowest BCUT2D eigenvalue weighted by Crippen LogP contribution is -2.31. The minimum absolute atomic E-state index is 0.345. The summed E-state index contributed by atoms with van der Waals surface area (Å²) >= 11 is 2.11. The first-order chi connectivity index (χ1) is 8.33. The second-order valence-corrected chi connectivity index (χ2v) is 6.51. The van der Waals surface area contributed by atoms with Gasteiger partial charge < -0.3 is 10.3 Å². The van der Waals surface area contributed by atoms with Gasteiger partial charge in [0, 0.05) is 37.3 Å². The topological polar surface area (TPSA) is 43.8 Å². The largest absolute Gasteiger partial charge is 0.332 e. The highest BCUT2D eigenvalue weighted by molar-refractivity contribution is 7.99. The van der Waals surface area contributed by atoms with Gasteiger partial charge in [0.25, 0.3) is 0 Å². The zero-order valence-corrected chi connectivity index (χ0v) is 11.1. The third-order valence-corrected chi connectivity index (χ3v) is 5.23. The predicted molar refractivity (Wildman–Crippen MR) is 72.3 cm³/mol. The van der Waals surface area contributed by atoms with Gasteiger partial charge in [0.05, 0.1) is 0 Å². The minimum atomic E-state index is 0.345. The molecule has 2 atom stereocenters. The second kappa shape index (κ2) is 5.02. The maximum Gasteiger partial charge on any atom is 0.109 e. The molecule has 0 bridgehead atoms. The zero-order valence-electron chi connectivity index (χ0n) is 10.3. The summed E-state index contributed by atoms with van der Waals surface area (Å²) in [6.07, 6.45) is 8.09. The number of aromatic nitrogens is 2. The van der Waals surface area contributed by atoms with Crippen molar-refractivity contribution in [2.45, 2.75) is 44.7 Å². The Balaban J connectivity index is 1.71. The molecule has 1 saturated heterocycles. The fraction of sp³-hybridized carbons (Fsp3) is 0.769. The second-order valence-electron chi connectivity index (χ2n) is 5.36. The van der Waals surface area contributed by atoms with E-state index in [0.29, 0.717) is 6.04 Å². The van der Waals surface area contributed by atoms with Gasteiger partial charge in [0.15, 0.2) is 0 Å². The average molecular weight is 251 g/mol. The maximum atomic E-state index is 6.00. The van der Waals surface area contributed by atoms with Crippen LogP contribution in [0, 0.1) is 5.92 Å². The van der Waals surface area contributed by atoms with E-state index in [-0.39, 0.29) is 0 Å². The van der Waals surface area contributed by atoms with Crippen LogP contribution in [0.25, 0.3) is 0 Å². The molecule has 3 heterocycles. The summed E-state index contributed by atoms with van der Waals surface area (Å²) in [6, 6.07) is 0.345. The van der Waals surface area contributed by atoms with Crippen molar-refractivity contribution >= 4 is 11.8 Å². The molecule has 1 fully saturated rings. The van der Waals surface area contributed by atoms with Crippen molar-refractivity contribution in [1.82, 2.24) is 9.55 Å². The Hall–Kier alpha value is -0.480. The SMILES string of the molecule is NC1CCn2c(cnc2CC2CCCSC2)C1. The fourth-order valence-corrected chi connectivity index (χ4v) is 4.10. The average Bonchev–Trinajstić information content (AvgIpc) is 2.73. The van der Waals surface area contributed by atoms with Crippen LogP contribution in [0.15, 0.2) is 6.20 Å². The van der Waals surface area contributed by atoms with Crippen molar-refractivity contribution < 1.29 is 0 Å². The van der Waals surface area contributed by atoms with Gasteiger partial charge in [0.2, 0.25) is 0 Å². The molecule has 2 aliphatic heterocycles. The number of nitrogens with zero attached hydrogens (tertiary/aromatic N) is 2. The van der Waals surface area contributed by atoms with Gasteiger partial charge in [-0.1, -0.05) is 0 Å². The zero-order chi connectivity index (χ0) is 11.7. The first-order valence-corrected chi connectivity index (χ1v) is 7.85. The summed E-state index contributed by atoms with van der Waals surface area (Å²) in [6.45, 7) is 1.08. The van der Waals surface area contributed by atoms with Crippen molar-refractivity contribution in [3.8, 4) is 0 Å². The van der Waals surface area contributed by atoms with E-state index in [1.807, 2.05) is 6.20 Å². The molecule has 3 nitrogen and oxygen atoms in total. The number of imidazole rings is 1. The summed E-state index contributed by atoms with van der Waals surface area (Å²) in [4.78, 5) is 4.62. The first kappa shape index (κ1) is 11.6. The van der Waals surface area contributed by atoms with Gasteiger partial charge in [0.1, 0.15) is 5.82 Å². The predicted octanol–water partition coefficient (Wildman–Crippen LogP) is 1.84. The molecule has 1 aromatic rings. The van der Waals surface area contributed by atoms with E-state index in [0.717, 1.165) is 25.3 Å². The standard InChI is InChI=1S/C13H21N3S/c14-11-3-4-16-12(7-11)8-15-13(16)6-10-2-1-5-17-9-10/h8,10-11H,1-7,9,14H2. The molecule has 0 saturated carbocycles. The maximum absolute atomic E-state index is 6.00. The molecule has 4 heteroatoms. The van der Waals surface area contributed by atoms with Crippen LogP contribution in [0.5, 0.6) is 0 Å². The van der Waals surface area contributed by atoms with Gasteiger partial charge in [-0.25, -0.2) is 4.98 Å². The van der Waals surface area contributed by atoms with Crippen molar-refractivity contribution in [2.24, 2.45) is 11.7 Å². The van der Waals surface area contributed by atoms with Crippen molar-refractivity contribution in [3.05, 3.63) is 17.7 Å². The molecular formula is C13H21N3S. The molecular weight excluding hydrogens is 230 g/mol. The van der Waals surface area contributed by atoms with Gasteiger partial charge in [-0.05, 0) is 36.7 Å². The fourth-order valence-electron chi connectivity index (χ4n) is 2.94. The molecule has 2 N–H and O–H groups in total. The number of rotatable bonds is 2. The number of hydrogen-bond donors (Lipinski definition) is 1. The molecule has 0 spiro atoms. The number of nitrogens with two attached hydrogens (primary N) is 1. The molecule has 2 aliphatic rings. The van der Waals surface area contributed by atoms with Crippen LogP contribution in [0.4, 0.5) is 0 Å². The molecule has 0 aromatic carbocycles. The summed E-state index contributed by atoms with van der Waals surface area (Å²) in [7, 11) is 0. The van der Waals surface area contributed by atoms with Crippen LogP contribution < -0.4 is 5.73 Å². The van der Waals surface area contributed by atoms with Gasteiger partial charge in [-0.3, -0.25) is 0 Å². The van der Waals surface area contributed by atoms with E-state index < -0.39 is 0 Å². The third-order valence-electron chi connectivity index (χ3n) is 3.94. The van der Waals surface area contributed by atoms with E-state index in [1.54, 1.807) is 0 Å². The molecule has 3 rings (SSSR count). The van der Waals surface area contributed by atoms with Crippen LogP contribution in [0.1, 0.15) is 30.8 Å². The number of thioether (sulfide) groups is 1. The summed E-state index contributed by atoms with van der Waals surface area (Å²) in [5, 5.41) is 0. The monoisotopic (exact) mass is 251 g/mol. The molecule has 0 amide bonds. The normalized spacial score (nSPS) is 29.0. The Bertz CT molecular complexity index is 382. The van der Waals surface area contributed by atoms with E-state index in [2.05, 4.69) is 21.3 Å².